The van der Waals surface area contributed by atoms with Gasteiger partial charge in [0.05, 0.1) is 12.2 Å². The van der Waals surface area contributed by atoms with Crippen LogP contribution in [0.5, 0.6) is 5.75 Å². The zero-order valence-corrected chi connectivity index (χ0v) is 9.71. The van der Waals surface area contributed by atoms with E-state index in [1.54, 1.807) is 0 Å². The molecule has 0 aliphatic carbocycles. The fourth-order valence-corrected chi connectivity index (χ4v) is 2.98. The normalized spacial score (nSPS) is 21.6. The molecule has 2 rings (SSSR count). The Morgan fingerprint density at radius 2 is 2.11 bits per heavy atom. The van der Waals surface area contributed by atoms with E-state index in [-0.39, 0.29) is 6.61 Å². The van der Waals surface area contributed by atoms with Crippen LogP contribution >= 0.6 is 0 Å². The molecule has 0 bridgehead atoms. The van der Waals surface area contributed by atoms with Gasteiger partial charge < -0.3 is 9.84 Å². The number of fused-ring (bicyclic) bond motifs is 1. The minimum atomic E-state index is -4.43. The molecule has 1 aliphatic heterocycles. The molecule has 1 atom stereocenters. The standard InChI is InChI=1S/C10H8F2O5S/c11-6-3-5(10(13)14)4-7-9(6)17-2-1-8(12)18(7,15)16/h3-4,8H,1-2H2,(H,13,14)/t8-/m1/s1. The summed E-state index contributed by atoms with van der Waals surface area (Å²) in [5.74, 6) is -3.27. The van der Waals surface area contributed by atoms with Crippen LogP contribution in [-0.4, -0.2) is 31.6 Å². The number of rotatable bonds is 1. The number of hydrogen-bond acceptors (Lipinski definition) is 4. The topological polar surface area (TPSA) is 80.7 Å². The van der Waals surface area contributed by atoms with Gasteiger partial charge in [0.2, 0.25) is 15.3 Å². The molecule has 0 saturated carbocycles. The number of halogens is 2. The van der Waals surface area contributed by atoms with Gasteiger partial charge in [-0.1, -0.05) is 0 Å². The molecule has 0 amide bonds. The van der Waals surface area contributed by atoms with E-state index in [0.717, 1.165) is 0 Å². The Morgan fingerprint density at radius 3 is 2.72 bits per heavy atom. The maximum Gasteiger partial charge on any atom is 0.335 e. The largest absolute Gasteiger partial charge is 0.489 e. The Morgan fingerprint density at radius 1 is 1.44 bits per heavy atom. The van der Waals surface area contributed by atoms with E-state index in [2.05, 4.69) is 0 Å². The Hall–Kier alpha value is -1.70. The third kappa shape index (κ3) is 1.92. The highest BCUT2D eigenvalue weighted by molar-refractivity contribution is 7.92. The molecule has 1 aliphatic rings. The molecule has 5 nitrogen and oxygen atoms in total. The van der Waals surface area contributed by atoms with Crippen LogP contribution in [0, 0.1) is 5.82 Å². The highest BCUT2D eigenvalue weighted by atomic mass is 32.2. The van der Waals surface area contributed by atoms with E-state index in [9.17, 15) is 22.0 Å². The van der Waals surface area contributed by atoms with Gasteiger partial charge in [-0.15, -0.1) is 0 Å². The van der Waals surface area contributed by atoms with Crippen molar-refractivity contribution in [3.05, 3.63) is 23.5 Å². The van der Waals surface area contributed by atoms with Gasteiger partial charge >= 0.3 is 5.97 Å². The van der Waals surface area contributed by atoms with Crippen molar-refractivity contribution < 1.29 is 31.8 Å². The molecule has 0 saturated heterocycles. The summed E-state index contributed by atoms with van der Waals surface area (Å²) in [4.78, 5) is 9.96. The first-order valence-electron chi connectivity index (χ1n) is 4.91. The van der Waals surface area contributed by atoms with Gasteiger partial charge in [-0.05, 0) is 12.1 Å². The first kappa shape index (κ1) is 12.7. The van der Waals surface area contributed by atoms with E-state index in [0.29, 0.717) is 12.1 Å². The molecule has 18 heavy (non-hydrogen) atoms. The average molecular weight is 278 g/mol. The van der Waals surface area contributed by atoms with Crippen molar-refractivity contribution in [1.29, 1.82) is 0 Å². The van der Waals surface area contributed by atoms with E-state index in [4.69, 9.17) is 9.84 Å². The molecule has 0 fully saturated rings. The van der Waals surface area contributed by atoms with Crippen molar-refractivity contribution >= 4 is 15.8 Å². The number of sulfone groups is 1. The minimum absolute atomic E-state index is 0.295. The summed E-state index contributed by atoms with van der Waals surface area (Å²) in [7, 11) is -4.43. The molecule has 1 N–H and O–H groups in total. The Labute approximate surface area is 101 Å². The second-order valence-electron chi connectivity index (χ2n) is 3.68. The maximum atomic E-state index is 13.6. The first-order valence-corrected chi connectivity index (χ1v) is 6.46. The van der Waals surface area contributed by atoms with Crippen LogP contribution in [0.15, 0.2) is 17.0 Å². The smallest absolute Gasteiger partial charge is 0.335 e. The Kier molecular flexibility index (Phi) is 2.97. The van der Waals surface area contributed by atoms with Crippen molar-refractivity contribution in [3.8, 4) is 5.75 Å². The second kappa shape index (κ2) is 4.20. The van der Waals surface area contributed by atoms with E-state index in [1.807, 2.05) is 0 Å². The molecule has 1 aromatic rings. The zero-order valence-electron chi connectivity index (χ0n) is 8.89. The first-order chi connectivity index (χ1) is 8.34. The summed E-state index contributed by atoms with van der Waals surface area (Å²) >= 11 is 0. The summed E-state index contributed by atoms with van der Waals surface area (Å²) in [5, 5.41) is 8.72. The average Bonchev–Trinajstić information content (AvgIpc) is 2.39. The highest BCUT2D eigenvalue weighted by Gasteiger charge is 2.35. The quantitative estimate of drug-likeness (QED) is 0.839. The molecular weight excluding hydrogens is 270 g/mol. The van der Waals surface area contributed by atoms with Gasteiger partial charge in [0.25, 0.3) is 0 Å². The lowest BCUT2D eigenvalue weighted by Crippen LogP contribution is -2.16. The van der Waals surface area contributed by atoms with Gasteiger partial charge in [0.1, 0.15) is 4.90 Å². The van der Waals surface area contributed by atoms with Gasteiger partial charge in [-0.25, -0.2) is 22.0 Å². The molecule has 1 aromatic carbocycles. The lowest BCUT2D eigenvalue weighted by atomic mass is 10.2. The predicted molar refractivity (Wildman–Crippen MR) is 55.6 cm³/mol. The van der Waals surface area contributed by atoms with Gasteiger partial charge in [0.15, 0.2) is 11.6 Å². The second-order valence-corrected chi connectivity index (χ2v) is 5.72. The van der Waals surface area contributed by atoms with Crippen LogP contribution in [0.25, 0.3) is 0 Å². The molecule has 0 spiro atoms. The number of carboxylic acid groups (broad SMARTS) is 1. The number of aromatic carboxylic acids is 1. The molecule has 0 unspecified atom stereocenters. The monoisotopic (exact) mass is 278 g/mol. The SMILES string of the molecule is O=C(O)c1cc(F)c2c(c1)S(=O)(=O)[C@@H](F)CCO2. The number of carboxylic acids is 1. The van der Waals surface area contributed by atoms with Gasteiger partial charge in [-0.2, -0.15) is 0 Å². The van der Waals surface area contributed by atoms with Gasteiger partial charge in [0, 0.05) is 6.42 Å². The maximum absolute atomic E-state index is 13.6. The van der Waals surface area contributed by atoms with Crippen LogP contribution in [0.1, 0.15) is 16.8 Å². The molecule has 8 heteroatoms. The zero-order chi connectivity index (χ0) is 13.5. The molecule has 1 heterocycles. The van der Waals surface area contributed by atoms with Crippen LogP contribution in [0.3, 0.4) is 0 Å². The van der Waals surface area contributed by atoms with Crippen molar-refractivity contribution in [2.75, 3.05) is 6.61 Å². The third-order valence-electron chi connectivity index (χ3n) is 2.49. The Bertz CT molecular complexity index is 611. The van der Waals surface area contributed by atoms with Gasteiger partial charge in [-0.3, -0.25) is 0 Å². The minimum Gasteiger partial charge on any atom is -0.489 e. The summed E-state index contributed by atoms with van der Waals surface area (Å²) in [6.45, 7) is -0.295. The summed E-state index contributed by atoms with van der Waals surface area (Å²) in [6.07, 6.45) is -0.432. The predicted octanol–water partition coefficient (Wildman–Crippen LogP) is 1.38. The highest BCUT2D eigenvalue weighted by Crippen LogP contribution is 2.35. The number of carbonyl (C=O) groups is 1. The number of hydrogen-bond donors (Lipinski definition) is 1. The Balaban J connectivity index is 2.75. The van der Waals surface area contributed by atoms with Crippen LogP contribution in [0.4, 0.5) is 8.78 Å². The molecule has 0 aromatic heterocycles. The van der Waals surface area contributed by atoms with Crippen LogP contribution in [0.2, 0.25) is 0 Å². The van der Waals surface area contributed by atoms with E-state index < -0.39 is 49.8 Å². The molecular formula is C10H8F2O5S. The number of benzene rings is 1. The number of ether oxygens (including phenoxy) is 1. The van der Waals surface area contributed by atoms with Crippen LogP contribution in [-0.2, 0) is 9.84 Å². The summed E-state index contributed by atoms with van der Waals surface area (Å²) in [6, 6.07) is 1.34. The molecule has 0 radical (unpaired) electrons. The third-order valence-corrected chi connectivity index (χ3v) is 4.32. The van der Waals surface area contributed by atoms with Crippen LogP contribution < -0.4 is 4.74 Å². The molecule has 98 valence electrons. The fourth-order valence-electron chi connectivity index (χ4n) is 1.59. The van der Waals surface area contributed by atoms with Crippen molar-refractivity contribution in [2.24, 2.45) is 0 Å². The van der Waals surface area contributed by atoms with Crippen molar-refractivity contribution in [3.63, 3.8) is 0 Å². The fraction of sp³-hybridized carbons (Fsp3) is 0.300. The lowest BCUT2D eigenvalue weighted by Gasteiger charge is -2.09. The van der Waals surface area contributed by atoms with Crippen molar-refractivity contribution in [1.82, 2.24) is 0 Å². The summed E-state index contributed by atoms with van der Waals surface area (Å²) < 4.78 is 55.3. The van der Waals surface area contributed by atoms with E-state index >= 15 is 0 Å². The lowest BCUT2D eigenvalue weighted by molar-refractivity contribution is 0.0696. The van der Waals surface area contributed by atoms with E-state index in [1.165, 1.54) is 0 Å². The number of alkyl halides is 1. The van der Waals surface area contributed by atoms with Crippen molar-refractivity contribution in [2.45, 2.75) is 16.8 Å². The summed E-state index contributed by atoms with van der Waals surface area (Å²) in [5.41, 5.74) is -2.81.